The first-order valence-electron chi connectivity index (χ1n) is 11.4. The van der Waals surface area contributed by atoms with Gasteiger partial charge in [-0.15, -0.1) is 0 Å². The number of amides is 1. The summed E-state index contributed by atoms with van der Waals surface area (Å²) in [6, 6.07) is 15.2. The molecule has 33 heavy (non-hydrogen) atoms. The van der Waals surface area contributed by atoms with Crippen LogP contribution in [-0.2, 0) is 21.2 Å². The third-order valence-electron chi connectivity index (χ3n) is 6.54. The first kappa shape index (κ1) is 22.2. The highest BCUT2D eigenvalue weighted by atomic mass is 32.2. The van der Waals surface area contributed by atoms with E-state index >= 15 is 0 Å². The van der Waals surface area contributed by atoms with Gasteiger partial charge in [0.1, 0.15) is 0 Å². The second-order valence-corrected chi connectivity index (χ2v) is 11.1. The molecule has 3 aliphatic rings. The zero-order chi connectivity index (χ0) is 22.8. The van der Waals surface area contributed by atoms with Crippen molar-refractivity contribution >= 4 is 21.4 Å². The molecule has 5 rings (SSSR count). The van der Waals surface area contributed by atoms with Crippen molar-refractivity contribution in [2.24, 2.45) is 0 Å². The minimum atomic E-state index is -3.09. The fraction of sp³-hybridized carbons (Fsp3) is 0.458. The van der Waals surface area contributed by atoms with Crippen molar-refractivity contribution < 1.29 is 22.7 Å². The predicted octanol–water partition coefficient (Wildman–Crippen LogP) is 1.75. The van der Waals surface area contributed by atoms with E-state index in [9.17, 15) is 13.2 Å². The number of benzene rings is 2. The maximum atomic E-state index is 13.3. The van der Waals surface area contributed by atoms with Gasteiger partial charge < -0.3 is 14.4 Å². The monoisotopic (exact) mass is 471 g/mol. The molecule has 0 N–H and O–H groups in total. The first-order valence-corrected chi connectivity index (χ1v) is 13.2. The molecule has 0 bridgehead atoms. The average Bonchev–Trinajstić information content (AvgIpc) is 3.41. The number of fused-ring (bicyclic) bond motifs is 1. The Morgan fingerprint density at radius 1 is 0.970 bits per heavy atom. The Morgan fingerprint density at radius 3 is 2.42 bits per heavy atom. The smallest absolute Gasteiger partial charge is 0.241 e. The molecule has 9 heteroatoms. The van der Waals surface area contributed by atoms with Crippen molar-refractivity contribution in [1.29, 1.82) is 0 Å². The van der Waals surface area contributed by atoms with Gasteiger partial charge >= 0.3 is 0 Å². The minimum Gasteiger partial charge on any atom is -0.454 e. The summed E-state index contributed by atoms with van der Waals surface area (Å²) in [6.07, 6.45) is 0.492. The van der Waals surface area contributed by atoms with Crippen molar-refractivity contribution in [1.82, 2.24) is 9.80 Å². The Hall–Kier alpha value is -2.62. The van der Waals surface area contributed by atoms with Crippen LogP contribution in [0.3, 0.4) is 0 Å². The normalized spacial score (nSPS) is 22.4. The molecule has 8 nitrogen and oxygen atoms in total. The molecule has 2 aromatic carbocycles. The van der Waals surface area contributed by atoms with Crippen molar-refractivity contribution in [3.05, 3.63) is 54.1 Å². The number of nitrogens with zero attached hydrogens (tertiary/aromatic N) is 3. The quantitative estimate of drug-likeness (QED) is 0.635. The van der Waals surface area contributed by atoms with Gasteiger partial charge in [-0.3, -0.25) is 14.6 Å². The van der Waals surface area contributed by atoms with E-state index in [1.165, 1.54) is 5.56 Å². The summed E-state index contributed by atoms with van der Waals surface area (Å²) in [7, 11) is -3.09. The Kier molecular flexibility index (Phi) is 6.27. The summed E-state index contributed by atoms with van der Waals surface area (Å²) in [5.74, 6) is 1.74. The van der Waals surface area contributed by atoms with E-state index < -0.39 is 9.84 Å². The standard InChI is InChI=1S/C24H29N3O5S/c28-24(27(20-4-2-1-3-5-20)21-8-13-33(29,30)17-21)16-26-11-9-25(10-12-26)15-19-6-7-22-23(14-19)32-18-31-22/h1-7,14,21H,8-13,15-18H2/t21-/m0/s1. The fourth-order valence-electron chi connectivity index (χ4n) is 4.80. The van der Waals surface area contributed by atoms with Crippen molar-refractivity contribution in [2.75, 3.05) is 55.9 Å². The summed E-state index contributed by atoms with van der Waals surface area (Å²) < 4.78 is 35.0. The second-order valence-electron chi connectivity index (χ2n) is 8.90. The van der Waals surface area contributed by atoms with Crippen LogP contribution < -0.4 is 14.4 Å². The molecule has 0 saturated carbocycles. The van der Waals surface area contributed by atoms with Gasteiger partial charge in [-0.05, 0) is 36.2 Å². The first-order chi connectivity index (χ1) is 16.0. The Labute approximate surface area is 194 Å². The van der Waals surface area contributed by atoms with Crippen LogP contribution in [0.1, 0.15) is 12.0 Å². The predicted molar refractivity (Wildman–Crippen MR) is 125 cm³/mol. The van der Waals surface area contributed by atoms with Gasteiger partial charge in [0.2, 0.25) is 12.7 Å². The Bertz CT molecular complexity index is 1100. The molecule has 3 heterocycles. The molecule has 0 radical (unpaired) electrons. The maximum absolute atomic E-state index is 13.3. The average molecular weight is 472 g/mol. The van der Waals surface area contributed by atoms with Gasteiger partial charge in [0, 0.05) is 38.4 Å². The topological polar surface area (TPSA) is 79.4 Å². The van der Waals surface area contributed by atoms with Crippen molar-refractivity contribution in [3.8, 4) is 11.5 Å². The highest BCUT2D eigenvalue weighted by Gasteiger charge is 2.36. The molecule has 2 aromatic rings. The largest absolute Gasteiger partial charge is 0.454 e. The Morgan fingerprint density at radius 2 is 1.70 bits per heavy atom. The lowest BCUT2D eigenvalue weighted by molar-refractivity contribution is -0.120. The summed E-state index contributed by atoms with van der Waals surface area (Å²) in [5.41, 5.74) is 1.95. The summed E-state index contributed by atoms with van der Waals surface area (Å²) in [6.45, 7) is 4.72. The highest BCUT2D eigenvalue weighted by Crippen LogP contribution is 2.33. The number of sulfone groups is 1. The molecule has 0 unspecified atom stereocenters. The van der Waals surface area contributed by atoms with Gasteiger partial charge in [-0.2, -0.15) is 0 Å². The van der Waals surface area contributed by atoms with Crippen LogP contribution in [-0.4, -0.2) is 81.2 Å². The van der Waals surface area contributed by atoms with E-state index in [0.29, 0.717) is 13.0 Å². The third kappa shape index (κ3) is 5.15. The molecule has 3 aliphatic heterocycles. The van der Waals surface area contributed by atoms with Crippen LogP contribution in [0.25, 0.3) is 0 Å². The molecule has 2 fully saturated rings. The molecular formula is C24H29N3O5S. The zero-order valence-electron chi connectivity index (χ0n) is 18.6. The highest BCUT2D eigenvalue weighted by molar-refractivity contribution is 7.91. The molecule has 0 aliphatic carbocycles. The minimum absolute atomic E-state index is 0.0347. The molecular weight excluding hydrogens is 442 g/mol. The van der Waals surface area contributed by atoms with E-state index in [1.54, 1.807) is 4.90 Å². The van der Waals surface area contributed by atoms with Crippen LogP contribution in [0.2, 0.25) is 0 Å². The van der Waals surface area contributed by atoms with E-state index in [0.717, 1.165) is 49.9 Å². The fourth-order valence-corrected chi connectivity index (χ4v) is 6.50. The van der Waals surface area contributed by atoms with Gasteiger partial charge in [-0.25, -0.2) is 8.42 Å². The Balaban J connectivity index is 1.19. The number of anilines is 1. The van der Waals surface area contributed by atoms with Crippen LogP contribution in [0.15, 0.2) is 48.5 Å². The van der Waals surface area contributed by atoms with Crippen LogP contribution in [0.5, 0.6) is 11.5 Å². The number of carbonyl (C=O) groups is 1. The second kappa shape index (κ2) is 9.32. The molecule has 1 amide bonds. The van der Waals surface area contributed by atoms with E-state index in [-0.39, 0.29) is 30.2 Å². The molecule has 0 aromatic heterocycles. The SMILES string of the molecule is O=C(CN1CCN(Cc2ccc3c(c2)OCO3)CC1)N(c1ccccc1)[C@H]1CCS(=O)(=O)C1. The molecule has 0 spiro atoms. The van der Waals surface area contributed by atoms with Gasteiger partial charge in [-0.1, -0.05) is 24.3 Å². The van der Waals surface area contributed by atoms with Crippen LogP contribution in [0, 0.1) is 0 Å². The number of para-hydroxylation sites is 1. The number of rotatable bonds is 6. The van der Waals surface area contributed by atoms with E-state index in [1.807, 2.05) is 42.5 Å². The maximum Gasteiger partial charge on any atom is 0.241 e. The molecule has 2 saturated heterocycles. The summed E-state index contributed by atoms with van der Waals surface area (Å²) >= 11 is 0. The third-order valence-corrected chi connectivity index (χ3v) is 8.29. The van der Waals surface area contributed by atoms with Crippen molar-refractivity contribution in [2.45, 2.75) is 19.0 Å². The lowest BCUT2D eigenvalue weighted by Gasteiger charge is -2.36. The lowest BCUT2D eigenvalue weighted by atomic mass is 10.1. The van der Waals surface area contributed by atoms with Gasteiger partial charge in [0.15, 0.2) is 21.3 Å². The van der Waals surface area contributed by atoms with E-state index in [2.05, 4.69) is 15.9 Å². The van der Waals surface area contributed by atoms with E-state index in [4.69, 9.17) is 9.47 Å². The number of ether oxygens (including phenoxy) is 2. The van der Waals surface area contributed by atoms with Gasteiger partial charge in [0.05, 0.1) is 24.1 Å². The number of hydrogen-bond donors (Lipinski definition) is 0. The number of piperazine rings is 1. The van der Waals surface area contributed by atoms with Gasteiger partial charge in [0.25, 0.3) is 0 Å². The summed E-state index contributed by atoms with van der Waals surface area (Å²) in [5, 5.41) is 0. The lowest BCUT2D eigenvalue weighted by Crippen LogP contribution is -2.51. The van der Waals surface area contributed by atoms with Crippen LogP contribution >= 0.6 is 0 Å². The van der Waals surface area contributed by atoms with Crippen LogP contribution in [0.4, 0.5) is 5.69 Å². The van der Waals surface area contributed by atoms with Crippen molar-refractivity contribution in [3.63, 3.8) is 0 Å². The summed E-state index contributed by atoms with van der Waals surface area (Å²) in [4.78, 5) is 19.6. The zero-order valence-corrected chi connectivity index (χ0v) is 19.4. The molecule has 176 valence electrons. The number of hydrogen-bond acceptors (Lipinski definition) is 7. The molecule has 1 atom stereocenters. The number of carbonyl (C=O) groups excluding carboxylic acids is 1.